The third-order valence-corrected chi connectivity index (χ3v) is 2.54. The van der Waals surface area contributed by atoms with Crippen molar-refractivity contribution in [1.29, 1.82) is 0 Å². The Morgan fingerprint density at radius 2 is 1.94 bits per heavy atom. The first-order valence-corrected chi connectivity index (χ1v) is 5.50. The fraction of sp³-hybridized carbons (Fsp3) is 0.143. The summed E-state index contributed by atoms with van der Waals surface area (Å²) in [5, 5.41) is 9.17. The van der Waals surface area contributed by atoms with Crippen molar-refractivity contribution >= 4 is 5.97 Å². The van der Waals surface area contributed by atoms with Crippen molar-refractivity contribution in [2.45, 2.75) is 6.61 Å². The average Bonchev–Trinajstić information content (AvgIpc) is 2.46. The van der Waals surface area contributed by atoms with Crippen LogP contribution in [0, 0.1) is 0 Å². The molecule has 0 amide bonds. The largest absolute Gasteiger partial charge is 0.464 e. The number of methoxy groups -OCH3 is 1. The minimum absolute atomic E-state index is 0.197. The van der Waals surface area contributed by atoms with E-state index >= 15 is 0 Å². The third kappa shape index (κ3) is 2.55. The molecule has 1 N–H and O–H groups in total. The Hall–Kier alpha value is -2.20. The minimum atomic E-state index is -0.512. The highest BCUT2D eigenvalue weighted by atomic mass is 16.5. The summed E-state index contributed by atoms with van der Waals surface area (Å²) in [5.41, 5.74) is 2.43. The summed E-state index contributed by atoms with van der Waals surface area (Å²) in [5.74, 6) is -0.512. The van der Waals surface area contributed by atoms with Crippen LogP contribution in [-0.2, 0) is 11.3 Å². The van der Waals surface area contributed by atoms with Crippen molar-refractivity contribution in [3.63, 3.8) is 0 Å². The molecule has 2 aromatic rings. The molecule has 92 valence electrons. The third-order valence-electron chi connectivity index (χ3n) is 2.54. The number of carbonyl (C=O) groups is 1. The van der Waals surface area contributed by atoms with Gasteiger partial charge in [0.15, 0.2) is 0 Å². The molecule has 0 radical (unpaired) electrons. The Balaban J connectivity index is 2.51. The van der Waals surface area contributed by atoms with Crippen LogP contribution >= 0.6 is 0 Å². The number of rotatable bonds is 3. The van der Waals surface area contributed by atoms with Crippen LogP contribution in [0.2, 0.25) is 0 Å². The van der Waals surface area contributed by atoms with Crippen LogP contribution in [0.25, 0.3) is 11.1 Å². The van der Waals surface area contributed by atoms with Gasteiger partial charge in [-0.05, 0) is 23.3 Å². The number of aromatic nitrogens is 1. The van der Waals surface area contributed by atoms with Gasteiger partial charge in [-0.15, -0.1) is 0 Å². The van der Waals surface area contributed by atoms with E-state index in [1.807, 2.05) is 30.3 Å². The van der Waals surface area contributed by atoms with Crippen LogP contribution in [-0.4, -0.2) is 23.2 Å². The molecule has 4 heteroatoms. The summed E-state index contributed by atoms with van der Waals surface area (Å²) in [6.45, 7) is -0.218. The number of aliphatic hydroxyl groups excluding tert-OH is 1. The van der Waals surface area contributed by atoms with Crippen LogP contribution in [0.4, 0.5) is 0 Å². The number of carbonyl (C=O) groups excluding carboxylic acids is 1. The topological polar surface area (TPSA) is 59.4 Å². The van der Waals surface area contributed by atoms with E-state index in [0.29, 0.717) is 5.69 Å². The van der Waals surface area contributed by atoms with Gasteiger partial charge in [0.05, 0.1) is 19.4 Å². The maximum absolute atomic E-state index is 11.5. The van der Waals surface area contributed by atoms with E-state index in [0.717, 1.165) is 11.1 Å². The normalized spacial score (nSPS) is 10.1. The van der Waals surface area contributed by atoms with Gasteiger partial charge in [0, 0.05) is 0 Å². The SMILES string of the molecule is COC(=O)c1cc(-c2ccccc2)cc(CO)n1. The Morgan fingerprint density at radius 3 is 2.56 bits per heavy atom. The smallest absolute Gasteiger partial charge is 0.356 e. The first kappa shape index (κ1) is 12.3. The molecule has 1 aromatic carbocycles. The van der Waals surface area contributed by atoms with Crippen LogP contribution in [0.1, 0.15) is 16.2 Å². The van der Waals surface area contributed by atoms with Crippen LogP contribution in [0.15, 0.2) is 42.5 Å². The lowest BCUT2D eigenvalue weighted by molar-refractivity contribution is 0.0593. The number of hydrogen-bond acceptors (Lipinski definition) is 4. The van der Waals surface area contributed by atoms with Gasteiger partial charge in [-0.1, -0.05) is 30.3 Å². The van der Waals surface area contributed by atoms with Gasteiger partial charge in [-0.25, -0.2) is 9.78 Å². The molecule has 0 saturated heterocycles. The molecular formula is C14H13NO3. The van der Waals surface area contributed by atoms with Crippen LogP contribution < -0.4 is 0 Å². The molecule has 2 rings (SSSR count). The van der Waals surface area contributed by atoms with Gasteiger partial charge in [0.2, 0.25) is 0 Å². The fourth-order valence-corrected chi connectivity index (χ4v) is 1.68. The second-order valence-corrected chi connectivity index (χ2v) is 3.75. The van der Waals surface area contributed by atoms with Crippen molar-refractivity contribution in [2.75, 3.05) is 7.11 Å². The molecule has 0 unspecified atom stereocenters. The van der Waals surface area contributed by atoms with E-state index < -0.39 is 5.97 Å². The van der Waals surface area contributed by atoms with Crippen molar-refractivity contribution in [3.05, 3.63) is 53.9 Å². The standard InChI is InChI=1S/C14H13NO3/c1-18-14(17)13-8-11(7-12(9-16)15-13)10-5-3-2-4-6-10/h2-8,16H,9H2,1H3. The van der Waals surface area contributed by atoms with Crippen molar-refractivity contribution in [3.8, 4) is 11.1 Å². The highest BCUT2D eigenvalue weighted by Crippen LogP contribution is 2.21. The first-order chi connectivity index (χ1) is 8.74. The quantitative estimate of drug-likeness (QED) is 0.838. The number of hydrogen-bond donors (Lipinski definition) is 1. The van der Waals surface area contributed by atoms with E-state index in [1.165, 1.54) is 7.11 Å². The maximum Gasteiger partial charge on any atom is 0.356 e. The number of ether oxygens (including phenoxy) is 1. The molecule has 0 bridgehead atoms. The second-order valence-electron chi connectivity index (χ2n) is 3.75. The number of pyridine rings is 1. The predicted molar refractivity (Wildman–Crippen MR) is 66.9 cm³/mol. The highest BCUT2D eigenvalue weighted by molar-refractivity contribution is 5.88. The average molecular weight is 243 g/mol. The van der Waals surface area contributed by atoms with E-state index in [-0.39, 0.29) is 12.3 Å². The molecule has 0 fully saturated rings. The lowest BCUT2D eigenvalue weighted by Gasteiger charge is -2.06. The zero-order valence-electron chi connectivity index (χ0n) is 9.96. The summed E-state index contributed by atoms with van der Waals surface area (Å²) in [4.78, 5) is 15.5. The zero-order chi connectivity index (χ0) is 13.0. The lowest BCUT2D eigenvalue weighted by atomic mass is 10.0. The van der Waals surface area contributed by atoms with Gasteiger partial charge in [0.25, 0.3) is 0 Å². The van der Waals surface area contributed by atoms with Crippen LogP contribution in [0.3, 0.4) is 0 Å². The van der Waals surface area contributed by atoms with E-state index in [1.54, 1.807) is 12.1 Å². The zero-order valence-corrected chi connectivity index (χ0v) is 9.96. The molecule has 4 nitrogen and oxygen atoms in total. The molecule has 18 heavy (non-hydrogen) atoms. The van der Waals surface area contributed by atoms with Gasteiger partial charge >= 0.3 is 5.97 Å². The molecule has 1 aromatic heterocycles. The van der Waals surface area contributed by atoms with Gasteiger partial charge in [0.1, 0.15) is 5.69 Å². The molecule has 0 aliphatic heterocycles. The van der Waals surface area contributed by atoms with Crippen molar-refractivity contribution in [1.82, 2.24) is 4.98 Å². The summed E-state index contributed by atoms with van der Waals surface area (Å²) in [7, 11) is 1.30. The number of nitrogens with zero attached hydrogens (tertiary/aromatic N) is 1. The lowest BCUT2D eigenvalue weighted by Crippen LogP contribution is -2.06. The molecule has 0 aliphatic rings. The van der Waals surface area contributed by atoms with Crippen molar-refractivity contribution in [2.24, 2.45) is 0 Å². The molecular weight excluding hydrogens is 230 g/mol. The maximum atomic E-state index is 11.5. The molecule has 0 atom stereocenters. The van der Waals surface area contributed by atoms with E-state index in [9.17, 15) is 9.90 Å². The summed E-state index contributed by atoms with van der Waals surface area (Å²) >= 11 is 0. The number of benzene rings is 1. The second kappa shape index (κ2) is 5.42. The Morgan fingerprint density at radius 1 is 1.22 bits per heavy atom. The van der Waals surface area contributed by atoms with Gasteiger partial charge in [-0.3, -0.25) is 0 Å². The molecule has 0 aliphatic carbocycles. The van der Waals surface area contributed by atoms with Crippen molar-refractivity contribution < 1.29 is 14.6 Å². The summed E-state index contributed by atoms with van der Waals surface area (Å²) in [6.07, 6.45) is 0. The number of aliphatic hydroxyl groups is 1. The number of esters is 1. The van der Waals surface area contributed by atoms with E-state index in [4.69, 9.17) is 0 Å². The van der Waals surface area contributed by atoms with Crippen LogP contribution in [0.5, 0.6) is 0 Å². The molecule has 0 spiro atoms. The Labute approximate surface area is 105 Å². The van der Waals surface area contributed by atoms with Gasteiger partial charge in [-0.2, -0.15) is 0 Å². The molecule has 0 saturated carbocycles. The molecule has 1 heterocycles. The minimum Gasteiger partial charge on any atom is -0.464 e. The summed E-state index contributed by atoms with van der Waals surface area (Å²) < 4.78 is 4.64. The Kier molecular flexibility index (Phi) is 3.69. The Bertz CT molecular complexity index is 552. The van der Waals surface area contributed by atoms with Gasteiger partial charge < -0.3 is 9.84 Å². The fourth-order valence-electron chi connectivity index (χ4n) is 1.68. The first-order valence-electron chi connectivity index (χ1n) is 5.50. The predicted octanol–water partition coefficient (Wildman–Crippen LogP) is 2.03. The monoisotopic (exact) mass is 243 g/mol. The summed E-state index contributed by atoms with van der Waals surface area (Å²) in [6, 6.07) is 13.0. The van der Waals surface area contributed by atoms with E-state index in [2.05, 4.69) is 9.72 Å². The highest BCUT2D eigenvalue weighted by Gasteiger charge is 2.11.